The molecule has 19 heavy (non-hydrogen) atoms. The van der Waals surface area contributed by atoms with Crippen molar-refractivity contribution in [1.82, 2.24) is 0 Å². The summed E-state index contributed by atoms with van der Waals surface area (Å²) >= 11 is 6.15. The van der Waals surface area contributed by atoms with Gasteiger partial charge in [0.2, 0.25) is 0 Å². The number of hydrogen-bond donors (Lipinski definition) is 1. The molecule has 1 nitrogen and oxygen atoms in total. The Kier molecular flexibility index (Phi) is 4.86. The predicted molar refractivity (Wildman–Crippen MR) is 84.0 cm³/mol. The van der Waals surface area contributed by atoms with Gasteiger partial charge in [0.1, 0.15) is 0 Å². The largest absolute Gasteiger partial charge is 0.380 e. The van der Waals surface area contributed by atoms with Crippen LogP contribution in [0.4, 0.5) is 5.69 Å². The SMILES string of the molecule is CCc1ccc(CNc2ccccc2Cl)c(CC)c1. The van der Waals surface area contributed by atoms with Gasteiger partial charge in [-0.25, -0.2) is 0 Å². The maximum atomic E-state index is 6.15. The van der Waals surface area contributed by atoms with Crippen molar-refractivity contribution >= 4 is 17.3 Å². The van der Waals surface area contributed by atoms with E-state index in [0.29, 0.717) is 0 Å². The van der Waals surface area contributed by atoms with Gasteiger partial charge in [-0.1, -0.05) is 55.8 Å². The molecule has 2 aromatic carbocycles. The minimum Gasteiger partial charge on any atom is -0.380 e. The first-order chi connectivity index (χ1) is 9.24. The Morgan fingerprint density at radius 3 is 2.42 bits per heavy atom. The van der Waals surface area contributed by atoms with Crippen LogP contribution in [0.3, 0.4) is 0 Å². The zero-order valence-corrected chi connectivity index (χ0v) is 12.3. The molecule has 0 aliphatic carbocycles. The minimum atomic E-state index is 0.769. The van der Waals surface area contributed by atoms with E-state index in [1.54, 1.807) is 0 Å². The second-order valence-corrected chi connectivity index (χ2v) is 5.05. The summed E-state index contributed by atoms with van der Waals surface area (Å²) in [6.07, 6.45) is 2.15. The molecule has 0 saturated carbocycles. The molecule has 0 aromatic heterocycles. The summed E-state index contributed by atoms with van der Waals surface area (Å²) in [4.78, 5) is 0. The normalized spacial score (nSPS) is 10.5. The lowest BCUT2D eigenvalue weighted by Gasteiger charge is -2.12. The lowest BCUT2D eigenvalue weighted by atomic mass is 10.0. The molecule has 0 radical (unpaired) electrons. The molecule has 0 bridgehead atoms. The second-order valence-electron chi connectivity index (χ2n) is 4.64. The smallest absolute Gasteiger partial charge is 0.0637 e. The highest BCUT2D eigenvalue weighted by atomic mass is 35.5. The lowest BCUT2D eigenvalue weighted by Crippen LogP contribution is -2.03. The van der Waals surface area contributed by atoms with E-state index in [0.717, 1.165) is 30.1 Å². The molecule has 1 N–H and O–H groups in total. The Bertz CT molecular complexity index is 549. The average Bonchev–Trinajstić information content (AvgIpc) is 2.46. The summed E-state index contributed by atoms with van der Waals surface area (Å²) in [5.74, 6) is 0. The molecule has 2 rings (SSSR count). The number of aryl methyl sites for hydroxylation is 2. The third-order valence-corrected chi connectivity index (χ3v) is 3.73. The number of rotatable bonds is 5. The maximum Gasteiger partial charge on any atom is 0.0637 e. The van der Waals surface area contributed by atoms with Crippen molar-refractivity contribution in [1.29, 1.82) is 0 Å². The Morgan fingerprint density at radius 1 is 0.947 bits per heavy atom. The highest BCUT2D eigenvalue weighted by Gasteiger charge is 2.03. The Balaban J connectivity index is 2.13. The highest BCUT2D eigenvalue weighted by Crippen LogP contribution is 2.22. The van der Waals surface area contributed by atoms with Crippen LogP contribution in [0.1, 0.15) is 30.5 Å². The van der Waals surface area contributed by atoms with Crippen LogP contribution < -0.4 is 5.32 Å². The van der Waals surface area contributed by atoms with E-state index in [1.165, 1.54) is 16.7 Å². The van der Waals surface area contributed by atoms with Crippen LogP contribution in [0.15, 0.2) is 42.5 Å². The fourth-order valence-corrected chi connectivity index (χ4v) is 2.40. The highest BCUT2D eigenvalue weighted by molar-refractivity contribution is 6.33. The molecule has 2 aromatic rings. The Hall–Kier alpha value is -1.47. The van der Waals surface area contributed by atoms with Gasteiger partial charge in [0.05, 0.1) is 10.7 Å². The van der Waals surface area contributed by atoms with Crippen molar-refractivity contribution in [2.45, 2.75) is 33.2 Å². The maximum absolute atomic E-state index is 6.15. The summed E-state index contributed by atoms with van der Waals surface area (Å²) < 4.78 is 0. The van der Waals surface area contributed by atoms with Gasteiger partial charge in [0, 0.05) is 6.54 Å². The quantitative estimate of drug-likeness (QED) is 0.801. The molecule has 0 amide bonds. The standard InChI is InChI=1S/C17H20ClN/c1-3-13-9-10-15(14(4-2)11-13)12-19-17-8-6-5-7-16(17)18/h5-11,19H,3-4,12H2,1-2H3. The molecule has 0 atom stereocenters. The van der Waals surface area contributed by atoms with Gasteiger partial charge < -0.3 is 5.32 Å². The van der Waals surface area contributed by atoms with Crippen molar-refractivity contribution in [3.63, 3.8) is 0 Å². The number of benzene rings is 2. The van der Waals surface area contributed by atoms with E-state index >= 15 is 0 Å². The van der Waals surface area contributed by atoms with Crippen LogP contribution in [-0.4, -0.2) is 0 Å². The number of para-hydroxylation sites is 1. The average molecular weight is 274 g/mol. The van der Waals surface area contributed by atoms with Crippen LogP contribution in [0, 0.1) is 0 Å². The minimum absolute atomic E-state index is 0.769. The first-order valence-electron chi connectivity index (χ1n) is 6.83. The van der Waals surface area contributed by atoms with Gasteiger partial charge >= 0.3 is 0 Å². The van der Waals surface area contributed by atoms with Gasteiger partial charge in [-0.3, -0.25) is 0 Å². The van der Waals surface area contributed by atoms with Crippen molar-refractivity contribution in [2.75, 3.05) is 5.32 Å². The molecule has 0 aliphatic rings. The van der Waals surface area contributed by atoms with Crippen LogP contribution in [0.25, 0.3) is 0 Å². The number of hydrogen-bond acceptors (Lipinski definition) is 1. The zero-order valence-electron chi connectivity index (χ0n) is 11.5. The predicted octanol–water partition coefficient (Wildman–Crippen LogP) is 5.08. The molecule has 0 fully saturated rings. The molecule has 2 heteroatoms. The van der Waals surface area contributed by atoms with Crippen molar-refractivity contribution < 1.29 is 0 Å². The van der Waals surface area contributed by atoms with E-state index in [4.69, 9.17) is 11.6 Å². The van der Waals surface area contributed by atoms with E-state index in [2.05, 4.69) is 37.4 Å². The first-order valence-corrected chi connectivity index (χ1v) is 7.21. The van der Waals surface area contributed by atoms with Crippen molar-refractivity contribution in [2.24, 2.45) is 0 Å². The molecular weight excluding hydrogens is 254 g/mol. The molecule has 0 spiro atoms. The van der Waals surface area contributed by atoms with E-state index in [1.807, 2.05) is 24.3 Å². The summed E-state index contributed by atoms with van der Waals surface area (Å²) in [7, 11) is 0. The molecular formula is C17H20ClN. The van der Waals surface area contributed by atoms with E-state index in [-0.39, 0.29) is 0 Å². The van der Waals surface area contributed by atoms with Gasteiger partial charge in [-0.15, -0.1) is 0 Å². The van der Waals surface area contributed by atoms with Crippen LogP contribution >= 0.6 is 11.6 Å². The summed E-state index contributed by atoms with van der Waals surface area (Å²) in [6, 6.07) is 14.6. The van der Waals surface area contributed by atoms with Crippen molar-refractivity contribution in [3.8, 4) is 0 Å². The zero-order chi connectivity index (χ0) is 13.7. The lowest BCUT2D eigenvalue weighted by molar-refractivity contribution is 1.02. The van der Waals surface area contributed by atoms with Crippen LogP contribution in [0.5, 0.6) is 0 Å². The Labute approximate surface area is 120 Å². The second kappa shape index (κ2) is 6.63. The monoisotopic (exact) mass is 273 g/mol. The topological polar surface area (TPSA) is 12.0 Å². The van der Waals surface area contributed by atoms with Gasteiger partial charge in [0.15, 0.2) is 0 Å². The molecule has 0 saturated heterocycles. The first kappa shape index (κ1) is 14.0. The van der Waals surface area contributed by atoms with Gasteiger partial charge in [-0.05, 0) is 41.7 Å². The van der Waals surface area contributed by atoms with Crippen molar-refractivity contribution in [3.05, 3.63) is 64.2 Å². The Morgan fingerprint density at radius 2 is 1.74 bits per heavy atom. The van der Waals surface area contributed by atoms with Crippen LogP contribution in [-0.2, 0) is 19.4 Å². The van der Waals surface area contributed by atoms with E-state index in [9.17, 15) is 0 Å². The summed E-state index contributed by atoms with van der Waals surface area (Å²) in [5, 5.41) is 4.18. The van der Waals surface area contributed by atoms with Crippen LogP contribution in [0.2, 0.25) is 5.02 Å². The number of halogens is 1. The molecule has 100 valence electrons. The summed E-state index contributed by atoms with van der Waals surface area (Å²) in [6.45, 7) is 5.21. The third kappa shape index (κ3) is 3.51. The number of nitrogens with one attached hydrogen (secondary N) is 1. The number of anilines is 1. The van der Waals surface area contributed by atoms with Gasteiger partial charge in [-0.2, -0.15) is 0 Å². The molecule has 0 heterocycles. The summed E-state index contributed by atoms with van der Waals surface area (Å²) in [5.41, 5.74) is 5.16. The molecule has 0 aliphatic heterocycles. The van der Waals surface area contributed by atoms with Gasteiger partial charge in [0.25, 0.3) is 0 Å². The fraction of sp³-hybridized carbons (Fsp3) is 0.294. The van der Waals surface area contributed by atoms with E-state index < -0.39 is 0 Å². The third-order valence-electron chi connectivity index (χ3n) is 3.40. The fourth-order valence-electron chi connectivity index (χ4n) is 2.20. The molecule has 0 unspecified atom stereocenters.